The van der Waals surface area contributed by atoms with Gasteiger partial charge >= 0.3 is 0 Å². The lowest BCUT2D eigenvalue weighted by molar-refractivity contribution is -0.117. The molecule has 1 amide bonds. The lowest BCUT2D eigenvalue weighted by atomic mass is 10.1. The number of nitriles is 1. The van der Waals surface area contributed by atoms with Gasteiger partial charge in [-0.25, -0.2) is 0 Å². The fourth-order valence-electron chi connectivity index (χ4n) is 2.41. The van der Waals surface area contributed by atoms with E-state index >= 15 is 0 Å². The summed E-state index contributed by atoms with van der Waals surface area (Å²) >= 11 is 0. The molecule has 0 fully saturated rings. The number of hydrogen-bond donors (Lipinski definition) is 1. The molecule has 1 N–H and O–H groups in total. The van der Waals surface area contributed by atoms with Gasteiger partial charge in [0.1, 0.15) is 18.2 Å². The number of ether oxygens (including phenoxy) is 3. The van der Waals surface area contributed by atoms with Crippen molar-refractivity contribution in [2.75, 3.05) is 26.9 Å². The maximum atomic E-state index is 12.1. The van der Waals surface area contributed by atoms with Crippen molar-refractivity contribution in [1.29, 1.82) is 5.26 Å². The summed E-state index contributed by atoms with van der Waals surface area (Å²) in [5.41, 5.74) is 1.74. The molecular formula is C22H24N2O4. The molecule has 0 saturated carbocycles. The largest absolute Gasteiger partial charge is 0.490 e. The third-order valence-corrected chi connectivity index (χ3v) is 3.77. The number of hydrogen-bond acceptors (Lipinski definition) is 5. The average molecular weight is 380 g/mol. The van der Waals surface area contributed by atoms with Crippen molar-refractivity contribution in [2.45, 2.75) is 13.5 Å². The number of nitrogens with one attached hydrogen (secondary N) is 1. The summed E-state index contributed by atoms with van der Waals surface area (Å²) in [6.07, 6.45) is 1.52. The molecule has 0 radical (unpaired) electrons. The SMILES string of the molecule is CCOc1cc(/C=C(\C#N)C(=O)NCCOC)ccc1OCc1ccccc1. The number of nitrogens with zero attached hydrogens (tertiary/aromatic N) is 1. The zero-order valence-electron chi connectivity index (χ0n) is 16.1. The lowest BCUT2D eigenvalue weighted by Crippen LogP contribution is -2.27. The van der Waals surface area contributed by atoms with Crippen molar-refractivity contribution in [3.05, 3.63) is 65.2 Å². The first-order chi connectivity index (χ1) is 13.7. The second-order valence-corrected chi connectivity index (χ2v) is 5.83. The summed E-state index contributed by atoms with van der Waals surface area (Å²) in [6.45, 7) is 3.49. The Morgan fingerprint density at radius 2 is 1.93 bits per heavy atom. The van der Waals surface area contributed by atoms with Gasteiger partial charge in [0.2, 0.25) is 0 Å². The second-order valence-electron chi connectivity index (χ2n) is 5.83. The Labute approximate surface area is 165 Å². The van der Waals surface area contributed by atoms with E-state index in [1.165, 1.54) is 6.08 Å². The fraction of sp³-hybridized carbons (Fsp3) is 0.273. The van der Waals surface area contributed by atoms with Crippen LogP contribution in [0.25, 0.3) is 6.08 Å². The van der Waals surface area contributed by atoms with Gasteiger partial charge in [-0.15, -0.1) is 0 Å². The monoisotopic (exact) mass is 380 g/mol. The van der Waals surface area contributed by atoms with Gasteiger partial charge in [0.25, 0.3) is 5.91 Å². The molecule has 0 unspecified atom stereocenters. The smallest absolute Gasteiger partial charge is 0.262 e. The van der Waals surface area contributed by atoms with Gasteiger partial charge in [-0.1, -0.05) is 36.4 Å². The summed E-state index contributed by atoms with van der Waals surface area (Å²) in [4.78, 5) is 12.1. The Morgan fingerprint density at radius 1 is 1.14 bits per heavy atom. The highest BCUT2D eigenvalue weighted by Crippen LogP contribution is 2.30. The van der Waals surface area contributed by atoms with E-state index in [0.717, 1.165) is 5.56 Å². The van der Waals surface area contributed by atoms with E-state index in [0.29, 0.717) is 43.4 Å². The van der Waals surface area contributed by atoms with Crippen molar-refractivity contribution in [1.82, 2.24) is 5.32 Å². The molecule has 28 heavy (non-hydrogen) atoms. The molecule has 0 atom stereocenters. The summed E-state index contributed by atoms with van der Waals surface area (Å²) in [6, 6.07) is 17.1. The maximum absolute atomic E-state index is 12.1. The van der Waals surface area contributed by atoms with E-state index in [1.54, 1.807) is 25.3 Å². The van der Waals surface area contributed by atoms with Crippen LogP contribution >= 0.6 is 0 Å². The highest BCUT2D eigenvalue weighted by molar-refractivity contribution is 6.01. The molecule has 0 aromatic heterocycles. The minimum absolute atomic E-state index is 0.0107. The molecule has 0 spiro atoms. The molecule has 0 aliphatic heterocycles. The molecular weight excluding hydrogens is 356 g/mol. The zero-order chi connectivity index (χ0) is 20.2. The van der Waals surface area contributed by atoms with E-state index in [2.05, 4.69) is 5.32 Å². The molecule has 0 bridgehead atoms. The quantitative estimate of drug-likeness (QED) is 0.388. The Hall–Kier alpha value is -3.30. The Kier molecular flexibility index (Phi) is 8.57. The third kappa shape index (κ3) is 6.45. The Balaban J connectivity index is 2.15. The van der Waals surface area contributed by atoms with E-state index in [9.17, 15) is 10.1 Å². The van der Waals surface area contributed by atoms with Crippen molar-refractivity contribution < 1.29 is 19.0 Å². The number of rotatable bonds is 10. The Bertz CT molecular complexity index is 841. The van der Waals surface area contributed by atoms with Crippen LogP contribution in [0.2, 0.25) is 0 Å². The summed E-state index contributed by atoms with van der Waals surface area (Å²) in [7, 11) is 1.55. The first kappa shape index (κ1) is 21.0. The standard InChI is InChI=1S/C22H24N2O4/c1-3-27-21-14-18(13-19(15-23)22(25)24-11-12-26-2)9-10-20(21)28-16-17-7-5-4-6-8-17/h4-10,13-14H,3,11-12,16H2,1-2H3,(H,24,25)/b19-13+. The van der Waals surface area contributed by atoms with Crippen LogP contribution in [0.5, 0.6) is 11.5 Å². The molecule has 0 aliphatic rings. The molecule has 6 nitrogen and oxygen atoms in total. The average Bonchev–Trinajstić information content (AvgIpc) is 2.72. The first-order valence-corrected chi connectivity index (χ1v) is 9.00. The minimum Gasteiger partial charge on any atom is -0.490 e. The summed E-state index contributed by atoms with van der Waals surface area (Å²) in [5, 5.41) is 11.9. The van der Waals surface area contributed by atoms with Gasteiger partial charge < -0.3 is 19.5 Å². The molecule has 0 heterocycles. The molecule has 146 valence electrons. The molecule has 2 rings (SSSR count). The van der Waals surface area contributed by atoms with Gasteiger partial charge in [0, 0.05) is 13.7 Å². The maximum Gasteiger partial charge on any atom is 0.262 e. The van der Waals surface area contributed by atoms with Crippen LogP contribution < -0.4 is 14.8 Å². The molecule has 6 heteroatoms. The van der Waals surface area contributed by atoms with Crippen molar-refractivity contribution >= 4 is 12.0 Å². The molecule has 0 aliphatic carbocycles. The van der Waals surface area contributed by atoms with Crippen LogP contribution in [0, 0.1) is 11.3 Å². The number of carbonyl (C=O) groups excluding carboxylic acids is 1. The number of carbonyl (C=O) groups is 1. The normalized spacial score (nSPS) is 10.8. The lowest BCUT2D eigenvalue weighted by Gasteiger charge is -2.13. The Morgan fingerprint density at radius 3 is 2.61 bits per heavy atom. The van der Waals surface area contributed by atoms with E-state index in [-0.39, 0.29) is 5.57 Å². The second kappa shape index (κ2) is 11.4. The fourth-order valence-corrected chi connectivity index (χ4v) is 2.41. The van der Waals surface area contributed by atoms with Crippen LogP contribution in [0.15, 0.2) is 54.1 Å². The molecule has 0 saturated heterocycles. The zero-order valence-corrected chi connectivity index (χ0v) is 16.1. The van der Waals surface area contributed by atoms with Gasteiger partial charge in [0.15, 0.2) is 11.5 Å². The van der Waals surface area contributed by atoms with E-state index in [4.69, 9.17) is 14.2 Å². The van der Waals surface area contributed by atoms with Gasteiger partial charge in [-0.3, -0.25) is 4.79 Å². The summed E-state index contributed by atoms with van der Waals surface area (Å²) < 4.78 is 16.4. The number of methoxy groups -OCH3 is 1. The van der Waals surface area contributed by atoms with E-state index in [1.807, 2.05) is 43.3 Å². The van der Waals surface area contributed by atoms with Gasteiger partial charge in [-0.05, 0) is 36.3 Å². The predicted octanol–water partition coefficient (Wildman–Crippen LogP) is 3.33. The van der Waals surface area contributed by atoms with Crippen LogP contribution in [-0.4, -0.2) is 32.8 Å². The van der Waals surface area contributed by atoms with Crippen LogP contribution in [0.3, 0.4) is 0 Å². The summed E-state index contributed by atoms with van der Waals surface area (Å²) in [5.74, 6) is 0.720. The van der Waals surface area contributed by atoms with Gasteiger partial charge in [-0.2, -0.15) is 5.26 Å². The molecule has 2 aromatic carbocycles. The number of benzene rings is 2. The third-order valence-electron chi connectivity index (χ3n) is 3.77. The van der Waals surface area contributed by atoms with Crippen LogP contribution in [-0.2, 0) is 16.1 Å². The van der Waals surface area contributed by atoms with Crippen molar-refractivity contribution in [3.63, 3.8) is 0 Å². The van der Waals surface area contributed by atoms with Gasteiger partial charge in [0.05, 0.1) is 13.2 Å². The highest BCUT2D eigenvalue weighted by Gasteiger charge is 2.11. The molecule has 2 aromatic rings. The topological polar surface area (TPSA) is 80.6 Å². The van der Waals surface area contributed by atoms with Crippen molar-refractivity contribution in [3.8, 4) is 17.6 Å². The minimum atomic E-state index is -0.443. The van der Waals surface area contributed by atoms with Crippen LogP contribution in [0.1, 0.15) is 18.1 Å². The van der Waals surface area contributed by atoms with Crippen LogP contribution in [0.4, 0.5) is 0 Å². The number of amides is 1. The first-order valence-electron chi connectivity index (χ1n) is 9.00. The predicted molar refractivity (Wildman–Crippen MR) is 107 cm³/mol. The highest BCUT2D eigenvalue weighted by atomic mass is 16.5. The van der Waals surface area contributed by atoms with E-state index < -0.39 is 5.91 Å². The van der Waals surface area contributed by atoms with Crippen molar-refractivity contribution in [2.24, 2.45) is 0 Å².